The van der Waals surface area contributed by atoms with Gasteiger partial charge in [0.15, 0.2) is 11.6 Å². The first-order valence-corrected chi connectivity index (χ1v) is 18.4. The zero-order chi connectivity index (χ0) is 34.3. The monoisotopic (exact) mass is 705 g/mol. The van der Waals surface area contributed by atoms with Crippen molar-refractivity contribution in [3.05, 3.63) is 47.8 Å². The summed E-state index contributed by atoms with van der Waals surface area (Å²) in [4.78, 5) is 26.1. The SMILES string of the molecule is COc1cc(F)c(OC2CCC(NS(C)(=O)=O)CC2)cc1C(=O)N[C@@H]1[C@H]2CC[C@H](C2)[C@@H]1C(=O)Nc1cccc(S(=O)(=O)C(F)(F)F)c1. The molecule has 0 heterocycles. The molecule has 0 radical (unpaired) electrons. The number of sulfone groups is 1. The highest BCUT2D eigenvalue weighted by atomic mass is 32.2. The number of nitrogens with one attached hydrogen (secondary N) is 3. The highest BCUT2D eigenvalue weighted by Crippen LogP contribution is 2.49. The van der Waals surface area contributed by atoms with E-state index in [1.165, 1.54) is 19.2 Å². The summed E-state index contributed by atoms with van der Waals surface area (Å²) in [6, 6.07) is 5.21. The molecule has 0 aliphatic heterocycles. The molecule has 2 aromatic carbocycles. The molecular weight excluding hydrogens is 670 g/mol. The summed E-state index contributed by atoms with van der Waals surface area (Å²) in [7, 11) is -7.74. The van der Waals surface area contributed by atoms with Crippen molar-refractivity contribution in [2.75, 3.05) is 18.7 Å². The van der Waals surface area contributed by atoms with Gasteiger partial charge in [0.2, 0.25) is 15.9 Å². The van der Waals surface area contributed by atoms with Crippen LogP contribution in [0.5, 0.6) is 11.5 Å². The van der Waals surface area contributed by atoms with Crippen LogP contribution >= 0.6 is 0 Å². The largest absolute Gasteiger partial charge is 0.501 e. The number of carbonyl (C=O) groups is 2. The first kappa shape index (κ1) is 34.9. The summed E-state index contributed by atoms with van der Waals surface area (Å²) in [6.07, 6.45) is 4.57. The second-order valence-electron chi connectivity index (χ2n) is 12.3. The number of methoxy groups -OCH3 is 1. The number of rotatable bonds is 10. The van der Waals surface area contributed by atoms with E-state index in [-0.39, 0.29) is 40.6 Å². The Labute approximate surface area is 269 Å². The molecule has 3 fully saturated rings. The zero-order valence-electron chi connectivity index (χ0n) is 25.5. The second-order valence-corrected chi connectivity index (χ2v) is 16.0. The smallest absolute Gasteiger partial charge is 0.496 e. The van der Waals surface area contributed by atoms with Crippen molar-refractivity contribution in [3.8, 4) is 11.5 Å². The van der Waals surface area contributed by atoms with Crippen molar-refractivity contribution in [1.29, 1.82) is 0 Å². The Morgan fingerprint density at radius 3 is 2.23 bits per heavy atom. The molecule has 3 aliphatic carbocycles. The van der Waals surface area contributed by atoms with E-state index in [1.807, 2.05) is 0 Å². The Bertz CT molecular complexity index is 1750. The van der Waals surface area contributed by atoms with Crippen molar-refractivity contribution < 1.29 is 53.5 Å². The van der Waals surface area contributed by atoms with Gasteiger partial charge >= 0.3 is 5.51 Å². The van der Waals surface area contributed by atoms with Crippen LogP contribution in [0.1, 0.15) is 55.3 Å². The molecule has 258 valence electrons. The van der Waals surface area contributed by atoms with E-state index in [2.05, 4.69) is 15.4 Å². The Kier molecular flexibility index (Phi) is 9.81. The van der Waals surface area contributed by atoms with Crippen LogP contribution in [0.25, 0.3) is 0 Å². The maximum absolute atomic E-state index is 15.0. The van der Waals surface area contributed by atoms with Crippen molar-refractivity contribution >= 4 is 37.4 Å². The number of fused-ring (bicyclic) bond motifs is 2. The summed E-state index contributed by atoms with van der Waals surface area (Å²) in [5, 5.41) is 5.41. The van der Waals surface area contributed by atoms with Crippen LogP contribution in [0.3, 0.4) is 0 Å². The third kappa shape index (κ3) is 7.67. The Morgan fingerprint density at radius 1 is 0.915 bits per heavy atom. The standard InChI is InChI=1S/C30H35F4N3O8S2/c1-44-24-15-23(31)25(45-20-10-8-18(9-11-20)37-46(2,40)41)14-22(24)28(38)36-27-17-7-6-16(12-17)26(27)29(39)35-19-4-3-5-21(13-19)47(42,43)30(32,33)34/h3-5,13-18,20,26-27,37H,6-12H2,1-2H3,(H,35,39)(H,36,38)/t16-,17+,18?,20?,26+,27-/m1/s1. The van der Waals surface area contributed by atoms with Gasteiger partial charge in [-0.05, 0) is 81.0 Å². The Hall–Kier alpha value is -3.44. The number of anilines is 1. The highest BCUT2D eigenvalue weighted by Gasteiger charge is 2.52. The molecule has 47 heavy (non-hydrogen) atoms. The van der Waals surface area contributed by atoms with Crippen LogP contribution in [0.2, 0.25) is 0 Å². The van der Waals surface area contributed by atoms with E-state index in [9.17, 15) is 39.6 Å². The summed E-state index contributed by atoms with van der Waals surface area (Å²) in [6.45, 7) is 0. The predicted molar refractivity (Wildman–Crippen MR) is 161 cm³/mol. The van der Waals surface area contributed by atoms with E-state index in [4.69, 9.17) is 9.47 Å². The number of hydrogen-bond acceptors (Lipinski definition) is 8. The fraction of sp³-hybridized carbons (Fsp3) is 0.533. The number of carbonyl (C=O) groups excluding carboxylic acids is 2. The molecule has 5 rings (SSSR count). The van der Waals surface area contributed by atoms with Crippen LogP contribution < -0.4 is 24.8 Å². The van der Waals surface area contributed by atoms with E-state index in [0.717, 1.165) is 36.9 Å². The molecule has 0 aromatic heterocycles. The fourth-order valence-corrected chi connectivity index (χ4v) is 8.61. The minimum absolute atomic E-state index is 0.0386. The number of sulfonamides is 1. The fourth-order valence-electron chi connectivity index (χ4n) is 6.96. The van der Waals surface area contributed by atoms with Gasteiger partial charge in [-0.1, -0.05) is 6.07 Å². The van der Waals surface area contributed by atoms with Crippen LogP contribution in [0.15, 0.2) is 41.3 Å². The molecular formula is C30H35F4N3O8S2. The van der Waals surface area contributed by atoms with Gasteiger partial charge in [0.1, 0.15) is 5.75 Å². The molecule has 2 bridgehead atoms. The number of alkyl halides is 3. The Balaban J connectivity index is 1.30. The van der Waals surface area contributed by atoms with Gasteiger partial charge in [-0.25, -0.2) is 25.9 Å². The minimum atomic E-state index is -5.63. The van der Waals surface area contributed by atoms with Crippen LogP contribution in [0, 0.1) is 23.6 Å². The number of hydrogen-bond donors (Lipinski definition) is 3. The minimum Gasteiger partial charge on any atom is -0.496 e. The maximum atomic E-state index is 15.0. The first-order valence-electron chi connectivity index (χ1n) is 15.0. The lowest BCUT2D eigenvalue weighted by molar-refractivity contribution is -0.122. The van der Waals surface area contributed by atoms with E-state index < -0.39 is 66.0 Å². The summed E-state index contributed by atoms with van der Waals surface area (Å²) in [5.74, 6) is -3.23. The molecule has 0 saturated heterocycles. The Morgan fingerprint density at radius 2 is 1.60 bits per heavy atom. The maximum Gasteiger partial charge on any atom is 0.501 e. The van der Waals surface area contributed by atoms with Crippen LogP contribution in [0.4, 0.5) is 23.2 Å². The molecule has 3 aliphatic rings. The van der Waals surface area contributed by atoms with Crippen LogP contribution in [-0.2, 0) is 24.7 Å². The average Bonchev–Trinajstić information content (AvgIpc) is 3.60. The van der Waals surface area contributed by atoms with Crippen molar-refractivity contribution in [2.24, 2.45) is 17.8 Å². The molecule has 3 saturated carbocycles. The molecule has 2 aromatic rings. The summed E-state index contributed by atoms with van der Waals surface area (Å²) in [5.41, 5.74) is -5.70. The lowest BCUT2D eigenvalue weighted by Gasteiger charge is -2.31. The van der Waals surface area contributed by atoms with Crippen molar-refractivity contribution in [1.82, 2.24) is 10.0 Å². The van der Waals surface area contributed by atoms with Gasteiger partial charge < -0.3 is 20.1 Å². The number of amides is 2. The number of ether oxygens (including phenoxy) is 2. The molecule has 3 N–H and O–H groups in total. The second kappa shape index (κ2) is 13.2. The van der Waals surface area contributed by atoms with E-state index >= 15 is 4.39 Å². The third-order valence-corrected chi connectivity index (χ3v) is 11.3. The molecule has 0 unspecified atom stereocenters. The normalized spacial score (nSPS) is 26.1. The lowest BCUT2D eigenvalue weighted by Crippen LogP contribution is -2.48. The molecule has 17 heteroatoms. The topological polar surface area (TPSA) is 157 Å². The van der Waals surface area contributed by atoms with Crippen LogP contribution in [-0.4, -0.2) is 65.7 Å². The van der Waals surface area contributed by atoms with Gasteiger partial charge in [-0.2, -0.15) is 13.2 Å². The lowest BCUT2D eigenvalue weighted by atomic mass is 9.83. The van der Waals surface area contributed by atoms with E-state index in [0.29, 0.717) is 38.5 Å². The highest BCUT2D eigenvalue weighted by molar-refractivity contribution is 7.92. The zero-order valence-corrected chi connectivity index (χ0v) is 27.1. The predicted octanol–water partition coefficient (Wildman–Crippen LogP) is 4.15. The summed E-state index contributed by atoms with van der Waals surface area (Å²) >= 11 is 0. The van der Waals surface area contributed by atoms with Gasteiger partial charge in [0, 0.05) is 23.8 Å². The average molecular weight is 706 g/mol. The third-order valence-electron chi connectivity index (χ3n) is 9.08. The van der Waals surface area contributed by atoms with Crippen molar-refractivity contribution in [2.45, 2.75) is 73.5 Å². The molecule has 0 spiro atoms. The van der Waals surface area contributed by atoms with Gasteiger partial charge in [0.25, 0.3) is 15.7 Å². The number of halogens is 4. The summed E-state index contributed by atoms with van der Waals surface area (Å²) < 4.78 is 115. The van der Waals surface area contributed by atoms with Gasteiger partial charge in [0.05, 0.1) is 35.8 Å². The van der Waals surface area contributed by atoms with Gasteiger partial charge in [-0.15, -0.1) is 0 Å². The first-order chi connectivity index (χ1) is 22.0. The molecule has 2 amide bonds. The van der Waals surface area contributed by atoms with Gasteiger partial charge in [-0.3, -0.25) is 9.59 Å². The molecule has 11 nitrogen and oxygen atoms in total. The van der Waals surface area contributed by atoms with Crippen molar-refractivity contribution in [3.63, 3.8) is 0 Å². The van der Waals surface area contributed by atoms with E-state index in [1.54, 1.807) is 0 Å². The molecule has 4 atom stereocenters. The quantitative estimate of drug-likeness (QED) is 0.312. The number of benzene rings is 2.